The summed E-state index contributed by atoms with van der Waals surface area (Å²) < 4.78 is 19.0. The fourth-order valence-corrected chi connectivity index (χ4v) is 2.71. The van der Waals surface area contributed by atoms with Crippen LogP contribution >= 0.6 is 0 Å². The number of ether oxygens (including phenoxy) is 1. The lowest BCUT2D eigenvalue weighted by Gasteiger charge is -2.26. The molecule has 1 N–H and O–H groups in total. The third-order valence-electron chi connectivity index (χ3n) is 3.68. The molecular formula is C17H18FNO. The summed E-state index contributed by atoms with van der Waals surface area (Å²) in [6.45, 7) is 3.44. The highest BCUT2D eigenvalue weighted by Gasteiger charge is 2.20. The van der Waals surface area contributed by atoms with Crippen molar-refractivity contribution in [2.75, 3.05) is 18.5 Å². The molecule has 1 unspecified atom stereocenters. The van der Waals surface area contributed by atoms with Crippen molar-refractivity contribution in [2.24, 2.45) is 0 Å². The fraction of sp³-hybridized carbons (Fsp3) is 0.294. The number of hydrogen-bond donors (Lipinski definition) is 1. The Labute approximate surface area is 118 Å². The molecule has 1 aliphatic rings. The largest absolute Gasteiger partial charge is 0.493 e. The molecule has 0 amide bonds. The van der Waals surface area contributed by atoms with Gasteiger partial charge in [-0.3, -0.25) is 0 Å². The number of benzene rings is 2. The molecule has 1 aliphatic heterocycles. The molecule has 0 spiro atoms. The maximum Gasteiger partial charge on any atom is 0.125 e. The molecule has 0 saturated carbocycles. The van der Waals surface area contributed by atoms with Crippen LogP contribution in [0, 0.1) is 12.7 Å². The van der Waals surface area contributed by atoms with E-state index >= 15 is 0 Å². The SMILES string of the molecule is Cc1cc(F)cc(NCC2CCOc3ccccc32)c1. The molecule has 20 heavy (non-hydrogen) atoms. The van der Waals surface area contributed by atoms with Crippen LogP contribution < -0.4 is 10.1 Å². The number of para-hydroxylation sites is 1. The minimum atomic E-state index is -0.195. The number of fused-ring (bicyclic) bond motifs is 1. The Hall–Kier alpha value is -2.03. The molecule has 2 nitrogen and oxygen atoms in total. The molecule has 104 valence electrons. The molecule has 0 bridgehead atoms. The lowest BCUT2D eigenvalue weighted by molar-refractivity contribution is 0.270. The van der Waals surface area contributed by atoms with Gasteiger partial charge in [-0.2, -0.15) is 0 Å². The Kier molecular flexibility index (Phi) is 3.59. The predicted octanol–water partition coefficient (Wildman–Crippen LogP) is 4.11. The highest BCUT2D eigenvalue weighted by Crippen LogP contribution is 2.33. The average molecular weight is 271 g/mol. The number of rotatable bonds is 3. The zero-order valence-corrected chi connectivity index (χ0v) is 11.5. The smallest absolute Gasteiger partial charge is 0.125 e. The first-order valence-electron chi connectivity index (χ1n) is 6.95. The second-order valence-electron chi connectivity index (χ2n) is 5.27. The van der Waals surface area contributed by atoms with Gasteiger partial charge in [0.05, 0.1) is 6.61 Å². The van der Waals surface area contributed by atoms with E-state index in [-0.39, 0.29) is 5.82 Å². The van der Waals surface area contributed by atoms with E-state index in [9.17, 15) is 4.39 Å². The monoisotopic (exact) mass is 271 g/mol. The molecule has 3 rings (SSSR count). The van der Waals surface area contributed by atoms with E-state index in [1.54, 1.807) is 0 Å². The Morgan fingerprint density at radius 3 is 2.95 bits per heavy atom. The Morgan fingerprint density at radius 2 is 2.10 bits per heavy atom. The summed E-state index contributed by atoms with van der Waals surface area (Å²) in [5.74, 6) is 1.18. The van der Waals surface area contributed by atoms with Crippen molar-refractivity contribution in [3.05, 3.63) is 59.4 Å². The summed E-state index contributed by atoms with van der Waals surface area (Å²) in [6.07, 6.45) is 0.984. The maximum absolute atomic E-state index is 13.4. The van der Waals surface area contributed by atoms with E-state index in [0.717, 1.165) is 36.6 Å². The van der Waals surface area contributed by atoms with E-state index in [1.807, 2.05) is 31.2 Å². The van der Waals surface area contributed by atoms with Crippen molar-refractivity contribution in [3.63, 3.8) is 0 Å². The van der Waals surface area contributed by atoms with E-state index in [1.165, 1.54) is 17.7 Å². The molecule has 3 heteroatoms. The van der Waals surface area contributed by atoms with Crippen LogP contribution in [0.5, 0.6) is 5.75 Å². The van der Waals surface area contributed by atoms with Crippen LogP contribution in [0.3, 0.4) is 0 Å². The van der Waals surface area contributed by atoms with Crippen LogP contribution in [-0.4, -0.2) is 13.2 Å². The zero-order chi connectivity index (χ0) is 13.9. The van der Waals surface area contributed by atoms with E-state index < -0.39 is 0 Å². The van der Waals surface area contributed by atoms with Crippen molar-refractivity contribution < 1.29 is 9.13 Å². The third-order valence-corrected chi connectivity index (χ3v) is 3.68. The lowest BCUT2D eigenvalue weighted by atomic mass is 9.93. The number of hydrogen-bond acceptors (Lipinski definition) is 2. The fourth-order valence-electron chi connectivity index (χ4n) is 2.71. The molecule has 0 aliphatic carbocycles. The van der Waals surface area contributed by atoms with Gasteiger partial charge in [0, 0.05) is 18.2 Å². The summed E-state index contributed by atoms with van der Waals surface area (Å²) in [4.78, 5) is 0. The molecule has 0 radical (unpaired) electrons. The van der Waals surface area contributed by atoms with Crippen LogP contribution in [0.15, 0.2) is 42.5 Å². The standard InChI is InChI=1S/C17H18FNO/c1-12-8-14(18)10-15(9-12)19-11-13-6-7-20-17-5-3-2-4-16(13)17/h2-5,8-10,13,19H,6-7,11H2,1H3. The summed E-state index contributed by atoms with van der Waals surface area (Å²) in [5, 5.41) is 3.34. The van der Waals surface area contributed by atoms with Crippen molar-refractivity contribution in [1.29, 1.82) is 0 Å². The van der Waals surface area contributed by atoms with Crippen molar-refractivity contribution in [2.45, 2.75) is 19.3 Å². The molecule has 1 atom stereocenters. The van der Waals surface area contributed by atoms with E-state index in [0.29, 0.717) is 5.92 Å². The van der Waals surface area contributed by atoms with Crippen LogP contribution in [0.1, 0.15) is 23.5 Å². The van der Waals surface area contributed by atoms with Gasteiger partial charge in [0.2, 0.25) is 0 Å². The van der Waals surface area contributed by atoms with Crippen molar-refractivity contribution in [1.82, 2.24) is 0 Å². The molecule has 0 saturated heterocycles. The van der Waals surface area contributed by atoms with Gasteiger partial charge in [-0.05, 0) is 48.7 Å². The van der Waals surface area contributed by atoms with Crippen molar-refractivity contribution in [3.8, 4) is 5.75 Å². The first kappa shape index (κ1) is 13.0. The second-order valence-corrected chi connectivity index (χ2v) is 5.27. The lowest BCUT2D eigenvalue weighted by Crippen LogP contribution is -2.20. The van der Waals surface area contributed by atoms with Crippen molar-refractivity contribution >= 4 is 5.69 Å². The number of nitrogens with one attached hydrogen (secondary N) is 1. The Bertz CT molecular complexity index is 591. The minimum Gasteiger partial charge on any atom is -0.493 e. The molecule has 0 aromatic heterocycles. The van der Waals surface area contributed by atoms with E-state index in [2.05, 4.69) is 11.4 Å². The zero-order valence-electron chi connectivity index (χ0n) is 11.5. The van der Waals surface area contributed by atoms with Gasteiger partial charge in [0.1, 0.15) is 11.6 Å². The first-order chi connectivity index (χ1) is 9.72. The van der Waals surface area contributed by atoms with Gasteiger partial charge < -0.3 is 10.1 Å². The Morgan fingerprint density at radius 1 is 1.25 bits per heavy atom. The normalized spacial score (nSPS) is 17.2. The average Bonchev–Trinajstić information content (AvgIpc) is 2.44. The third kappa shape index (κ3) is 2.77. The quantitative estimate of drug-likeness (QED) is 0.907. The minimum absolute atomic E-state index is 0.195. The van der Waals surface area contributed by atoms with Crippen LogP contribution in [0.2, 0.25) is 0 Å². The van der Waals surface area contributed by atoms with Gasteiger partial charge in [-0.15, -0.1) is 0 Å². The summed E-state index contributed by atoms with van der Waals surface area (Å²) in [6, 6.07) is 13.2. The summed E-state index contributed by atoms with van der Waals surface area (Å²) in [5.41, 5.74) is 3.01. The molecular weight excluding hydrogens is 253 g/mol. The highest BCUT2D eigenvalue weighted by molar-refractivity contribution is 5.47. The number of halogens is 1. The second kappa shape index (κ2) is 5.53. The van der Waals surface area contributed by atoms with Gasteiger partial charge in [-0.25, -0.2) is 4.39 Å². The summed E-state index contributed by atoms with van der Waals surface area (Å²) in [7, 11) is 0. The van der Waals surface area contributed by atoms with Crippen LogP contribution in [0.4, 0.5) is 10.1 Å². The van der Waals surface area contributed by atoms with E-state index in [4.69, 9.17) is 4.74 Å². The number of aryl methyl sites for hydroxylation is 1. The van der Waals surface area contributed by atoms with Gasteiger partial charge in [0.15, 0.2) is 0 Å². The van der Waals surface area contributed by atoms with Crippen LogP contribution in [-0.2, 0) is 0 Å². The molecule has 2 aromatic carbocycles. The van der Waals surface area contributed by atoms with Gasteiger partial charge in [-0.1, -0.05) is 18.2 Å². The van der Waals surface area contributed by atoms with Crippen LogP contribution in [0.25, 0.3) is 0 Å². The molecule has 0 fully saturated rings. The predicted molar refractivity (Wildman–Crippen MR) is 78.9 cm³/mol. The van der Waals surface area contributed by atoms with Gasteiger partial charge in [0.25, 0.3) is 0 Å². The number of anilines is 1. The summed E-state index contributed by atoms with van der Waals surface area (Å²) >= 11 is 0. The first-order valence-corrected chi connectivity index (χ1v) is 6.95. The van der Waals surface area contributed by atoms with Gasteiger partial charge >= 0.3 is 0 Å². The molecule has 2 aromatic rings. The topological polar surface area (TPSA) is 21.3 Å². The maximum atomic E-state index is 13.4. The molecule has 1 heterocycles. The Balaban J connectivity index is 1.73. The highest BCUT2D eigenvalue weighted by atomic mass is 19.1.